The molecule has 0 aliphatic heterocycles. The van der Waals surface area contributed by atoms with Gasteiger partial charge in [0.15, 0.2) is 9.84 Å². The van der Waals surface area contributed by atoms with Crippen molar-refractivity contribution in [2.75, 3.05) is 0 Å². The first-order chi connectivity index (χ1) is 18.3. The van der Waals surface area contributed by atoms with E-state index in [2.05, 4.69) is 67.2 Å². The average molecular weight is 551 g/mol. The largest absolute Gasteiger partial charge is 0.223 e. The van der Waals surface area contributed by atoms with Crippen LogP contribution >= 0.6 is 0 Å². The molecule has 2 aliphatic carbocycles. The van der Waals surface area contributed by atoms with Crippen molar-refractivity contribution >= 4 is 9.84 Å². The van der Waals surface area contributed by atoms with E-state index in [1.165, 1.54) is 42.4 Å². The zero-order chi connectivity index (χ0) is 28.8. The number of rotatable bonds is 11. The van der Waals surface area contributed by atoms with Crippen LogP contribution in [0.3, 0.4) is 0 Å². The highest BCUT2D eigenvalue weighted by atomic mass is 32.2. The van der Waals surface area contributed by atoms with Gasteiger partial charge >= 0.3 is 0 Å². The van der Waals surface area contributed by atoms with E-state index in [0.717, 1.165) is 43.6 Å². The standard InChI is InChI=1S/C36H54O2S/c1-27(2)15-12-16-28(3)25-32(39(37,38)31-18-10-9-11-19-31)26-29(4)17-13-20-33-30(5)21-22-34-35(6,7)23-14-24-36(33,34)8/h9-11,15,17-19,25,32-34H,5,12-14,16,20-24,26H2,1-4,6-8H3/b28-25+,29-17+/t32?,33-,34-,36+/m1/s1. The fourth-order valence-corrected chi connectivity index (χ4v) is 9.52. The Morgan fingerprint density at radius 2 is 1.69 bits per heavy atom. The summed E-state index contributed by atoms with van der Waals surface area (Å²) in [7, 11) is -3.47. The van der Waals surface area contributed by atoms with Gasteiger partial charge in [0.2, 0.25) is 0 Å². The van der Waals surface area contributed by atoms with Crippen molar-refractivity contribution < 1.29 is 8.42 Å². The SMILES string of the molecule is C=C1CC[C@@H]2C(C)(C)CCC[C@@]2(C)[C@@H]1CC/C=C(\C)CC(/C=C(\C)CCC=C(C)C)S(=O)(=O)c1ccccc1. The number of allylic oxidation sites excluding steroid dienone is 6. The van der Waals surface area contributed by atoms with Gasteiger partial charge in [-0.3, -0.25) is 0 Å². The molecule has 0 heterocycles. The lowest BCUT2D eigenvalue weighted by molar-refractivity contribution is -0.0537. The lowest BCUT2D eigenvalue weighted by atomic mass is 9.47. The fraction of sp³-hybridized carbons (Fsp3) is 0.611. The van der Waals surface area contributed by atoms with Crippen molar-refractivity contribution in [1.29, 1.82) is 0 Å². The lowest BCUT2D eigenvalue weighted by Gasteiger charge is -2.58. The molecule has 0 amide bonds. The quantitative estimate of drug-likeness (QED) is 0.257. The Balaban J connectivity index is 1.77. The van der Waals surface area contributed by atoms with Crippen molar-refractivity contribution in [2.45, 2.75) is 123 Å². The Labute approximate surface area is 240 Å². The Morgan fingerprint density at radius 1 is 1.00 bits per heavy atom. The van der Waals surface area contributed by atoms with E-state index in [1.807, 2.05) is 24.3 Å². The molecule has 2 saturated carbocycles. The number of hydrogen-bond acceptors (Lipinski definition) is 2. The third-order valence-corrected chi connectivity index (χ3v) is 11.9. The molecule has 1 unspecified atom stereocenters. The molecule has 1 aromatic carbocycles. The molecular weight excluding hydrogens is 496 g/mol. The predicted molar refractivity (Wildman–Crippen MR) is 169 cm³/mol. The highest BCUT2D eigenvalue weighted by Gasteiger charge is 2.52. The molecule has 2 fully saturated rings. The van der Waals surface area contributed by atoms with E-state index in [0.29, 0.717) is 28.1 Å². The van der Waals surface area contributed by atoms with Crippen molar-refractivity contribution in [2.24, 2.45) is 22.7 Å². The molecule has 0 saturated heterocycles. The van der Waals surface area contributed by atoms with Gasteiger partial charge in [-0.2, -0.15) is 0 Å². The molecule has 39 heavy (non-hydrogen) atoms. The van der Waals surface area contributed by atoms with Gasteiger partial charge in [-0.25, -0.2) is 8.42 Å². The summed E-state index contributed by atoms with van der Waals surface area (Å²) < 4.78 is 27.4. The minimum Gasteiger partial charge on any atom is -0.223 e. The second-order valence-electron chi connectivity index (χ2n) is 13.7. The van der Waals surface area contributed by atoms with Crippen LogP contribution in [0.25, 0.3) is 0 Å². The molecule has 4 atom stereocenters. The van der Waals surface area contributed by atoms with E-state index < -0.39 is 15.1 Å². The van der Waals surface area contributed by atoms with E-state index in [9.17, 15) is 8.42 Å². The molecule has 2 nitrogen and oxygen atoms in total. The van der Waals surface area contributed by atoms with Crippen molar-refractivity contribution in [1.82, 2.24) is 0 Å². The van der Waals surface area contributed by atoms with Gasteiger partial charge < -0.3 is 0 Å². The molecule has 2 aliphatic rings. The van der Waals surface area contributed by atoms with Crippen molar-refractivity contribution in [3.63, 3.8) is 0 Å². The number of hydrogen-bond donors (Lipinski definition) is 0. The van der Waals surface area contributed by atoms with E-state index in [4.69, 9.17) is 0 Å². The van der Waals surface area contributed by atoms with Crippen LogP contribution in [0.4, 0.5) is 0 Å². The molecule has 3 heteroatoms. The maximum atomic E-state index is 13.7. The summed E-state index contributed by atoms with van der Waals surface area (Å²) in [5, 5.41) is -0.548. The van der Waals surface area contributed by atoms with Gasteiger partial charge in [0.25, 0.3) is 0 Å². The summed E-state index contributed by atoms with van der Waals surface area (Å²) in [6.45, 7) is 20.4. The summed E-state index contributed by atoms with van der Waals surface area (Å²) in [6.07, 6.45) is 17.4. The molecule has 0 radical (unpaired) electrons. The van der Waals surface area contributed by atoms with Crippen LogP contribution in [-0.2, 0) is 9.84 Å². The second-order valence-corrected chi connectivity index (χ2v) is 15.9. The van der Waals surface area contributed by atoms with Crippen molar-refractivity contribution in [3.8, 4) is 0 Å². The third-order valence-electron chi connectivity index (χ3n) is 9.82. The molecule has 0 bridgehead atoms. The number of benzene rings is 1. The minimum absolute atomic E-state index is 0.336. The molecule has 0 N–H and O–H groups in total. The normalized spacial score (nSPS) is 26.6. The first kappa shape index (κ1) is 31.7. The summed E-state index contributed by atoms with van der Waals surface area (Å²) in [6, 6.07) is 8.96. The van der Waals surface area contributed by atoms with Gasteiger partial charge in [0.05, 0.1) is 10.1 Å². The van der Waals surface area contributed by atoms with Crippen LogP contribution in [0.1, 0.15) is 113 Å². The molecule has 0 aromatic heterocycles. The maximum absolute atomic E-state index is 13.7. The highest BCUT2D eigenvalue weighted by molar-refractivity contribution is 7.92. The van der Waals surface area contributed by atoms with Crippen LogP contribution < -0.4 is 0 Å². The van der Waals surface area contributed by atoms with Gasteiger partial charge in [-0.1, -0.05) is 92.5 Å². The van der Waals surface area contributed by atoms with E-state index in [-0.39, 0.29) is 0 Å². The van der Waals surface area contributed by atoms with Gasteiger partial charge in [-0.15, -0.1) is 0 Å². The molecule has 216 valence electrons. The Bertz CT molecular complexity index is 1180. The van der Waals surface area contributed by atoms with Crippen LogP contribution in [-0.4, -0.2) is 13.7 Å². The maximum Gasteiger partial charge on any atom is 0.185 e. The van der Waals surface area contributed by atoms with Gasteiger partial charge in [0, 0.05) is 0 Å². The average Bonchev–Trinajstić information content (AvgIpc) is 2.85. The molecular formula is C36H54O2S. The smallest absolute Gasteiger partial charge is 0.185 e. The van der Waals surface area contributed by atoms with E-state index >= 15 is 0 Å². The first-order valence-corrected chi connectivity index (χ1v) is 16.7. The van der Waals surface area contributed by atoms with Crippen LogP contribution in [0.5, 0.6) is 0 Å². The molecule has 0 spiro atoms. The van der Waals surface area contributed by atoms with Gasteiger partial charge in [-0.05, 0) is 120 Å². The predicted octanol–water partition coefficient (Wildman–Crippen LogP) is 10.4. The Hall–Kier alpha value is -1.87. The third kappa shape index (κ3) is 7.87. The summed E-state index contributed by atoms with van der Waals surface area (Å²) in [4.78, 5) is 0.411. The van der Waals surface area contributed by atoms with Crippen LogP contribution in [0.15, 0.2) is 82.3 Å². The van der Waals surface area contributed by atoms with E-state index in [1.54, 1.807) is 12.1 Å². The van der Waals surface area contributed by atoms with Gasteiger partial charge in [0.1, 0.15) is 0 Å². The number of fused-ring (bicyclic) bond motifs is 1. The monoisotopic (exact) mass is 550 g/mol. The molecule has 3 rings (SSSR count). The Kier molecular flexibility index (Phi) is 10.7. The van der Waals surface area contributed by atoms with Crippen LogP contribution in [0, 0.1) is 22.7 Å². The zero-order valence-electron chi connectivity index (χ0n) is 25.9. The fourth-order valence-electron chi connectivity index (χ4n) is 7.74. The topological polar surface area (TPSA) is 34.1 Å². The summed E-state index contributed by atoms with van der Waals surface area (Å²) in [5.74, 6) is 1.32. The summed E-state index contributed by atoms with van der Waals surface area (Å²) in [5.41, 5.74) is 5.79. The second kappa shape index (κ2) is 13.2. The molecule has 1 aromatic rings. The number of sulfone groups is 1. The van der Waals surface area contributed by atoms with Crippen LogP contribution in [0.2, 0.25) is 0 Å². The Morgan fingerprint density at radius 3 is 2.36 bits per heavy atom. The minimum atomic E-state index is -3.47. The lowest BCUT2D eigenvalue weighted by Crippen LogP contribution is -2.49. The highest BCUT2D eigenvalue weighted by Crippen LogP contribution is 2.61. The first-order valence-electron chi connectivity index (χ1n) is 15.2. The summed E-state index contributed by atoms with van der Waals surface area (Å²) >= 11 is 0. The zero-order valence-corrected chi connectivity index (χ0v) is 26.7. The van der Waals surface area contributed by atoms with Crippen molar-refractivity contribution in [3.05, 3.63) is 77.4 Å².